The molecule has 25 heavy (non-hydrogen) atoms. The van der Waals surface area contributed by atoms with Crippen LogP contribution >= 0.6 is 0 Å². The van der Waals surface area contributed by atoms with Crippen LogP contribution in [0.2, 0.25) is 0 Å². The second-order valence-corrected chi connectivity index (χ2v) is 5.49. The predicted molar refractivity (Wildman–Crippen MR) is 97.3 cm³/mol. The first kappa shape index (κ1) is 18.3. The van der Waals surface area contributed by atoms with Crippen LogP contribution in [-0.4, -0.2) is 39.2 Å². The molecule has 0 aliphatic carbocycles. The average Bonchev–Trinajstić information content (AvgIpc) is 2.61. The third kappa shape index (κ3) is 5.24. The molecule has 0 aliphatic rings. The van der Waals surface area contributed by atoms with Gasteiger partial charge in [0.1, 0.15) is 5.75 Å². The van der Waals surface area contributed by atoms with E-state index in [-0.39, 0.29) is 6.61 Å². The number of nitrogens with zero attached hydrogens (tertiary/aromatic N) is 1. The number of hydrogen-bond acceptors (Lipinski definition) is 5. The molecule has 132 valence electrons. The van der Waals surface area contributed by atoms with Crippen molar-refractivity contribution in [1.82, 2.24) is 0 Å². The zero-order valence-electron chi connectivity index (χ0n) is 14.6. The second-order valence-electron chi connectivity index (χ2n) is 5.49. The summed E-state index contributed by atoms with van der Waals surface area (Å²) >= 11 is 0. The van der Waals surface area contributed by atoms with Crippen LogP contribution in [0.5, 0.6) is 5.75 Å². The summed E-state index contributed by atoms with van der Waals surface area (Å²) in [6, 6.07) is 14.1. The standard InChI is InChI=1S/C19H22N2O4/c1-4-24-17-8-6-5-7-16(17)20-18(22)13-25-19(23)14-9-11-15(12-10-14)21(2)3/h5-12H,4,13H2,1-3H3,(H,20,22). The fourth-order valence-corrected chi connectivity index (χ4v) is 2.15. The van der Waals surface area contributed by atoms with E-state index < -0.39 is 11.9 Å². The molecule has 0 saturated carbocycles. The highest BCUT2D eigenvalue weighted by Gasteiger charge is 2.12. The molecule has 0 aliphatic heterocycles. The summed E-state index contributed by atoms with van der Waals surface area (Å²) in [7, 11) is 3.83. The molecule has 0 fully saturated rings. The number of carbonyl (C=O) groups is 2. The van der Waals surface area contributed by atoms with Gasteiger partial charge in [0.25, 0.3) is 5.91 Å². The molecule has 0 heterocycles. The zero-order chi connectivity index (χ0) is 18.2. The van der Waals surface area contributed by atoms with Crippen molar-refractivity contribution in [2.24, 2.45) is 0 Å². The molecule has 6 heteroatoms. The molecule has 0 spiro atoms. The molecule has 0 unspecified atom stereocenters. The van der Waals surface area contributed by atoms with Gasteiger partial charge in [0.2, 0.25) is 0 Å². The molecular weight excluding hydrogens is 320 g/mol. The van der Waals surface area contributed by atoms with Crippen molar-refractivity contribution < 1.29 is 19.1 Å². The summed E-state index contributed by atoms with van der Waals surface area (Å²) in [4.78, 5) is 25.9. The first-order chi connectivity index (χ1) is 12.0. The lowest BCUT2D eigenvalue weighted by molar-refractivity contribution is -0.119. The number of ether oxygens (including phenoxy) is 2. The molecule has 0 radical (unpaired) electrons. The van der Waals surface area contributed by atoms with Gasteiger partial charge in [0.15, 0.2) is 6.61 Å². The molecule has 6 nitrogen and oxygen atoms in total. The van der Waals surface area contributed by atoms with Gasteiger partial charge >= 0.3 is 5.97 Å². The van der Waals surface area contributed by atoms with Crippen molar-refractivity contribution >= 4 is 23.3 Å². The van der Waals surface area contributed by atoms with E-state index in [4.69, 9.17) is 9.47 Å². The van der Waals surface area contributed by atoms with Gasteiger partial charge in [-0.2, -0.15) is 0 Å². The largest absolute Gasteiger partial charge is 0.492 e. The van der Waals surface area contributed by atoms with E-state index in [1.54, 1.807) is 30.3 Å². The van der Waals surface area contributed by atoms with E-state index >= 15 is 0 Å². The van der Waals surface area contributed by atoms with Crippen LogP contribution in [0.3, 0.4) is 0 Å². The number of hydrogen-bond donors (Lipinski definition) is 1. The van der Waals surface area contributed by atoms with E-state index in [0.29, 0.717) is 23.6 Å². The van der Waals surface area contributed by atoms with E-state index in [1.165, 1.54) is 0 Å². The van der Waals surface area contributed by atoms with Crippen molar-refractivity contribution in [2.75, 3.05) is 37.5 Å². The molecule has 0 aromatic heterocycles. The van der Waals surface area contributed by atoms with Gasteiger partial charge in [-0.15, -0.1) is 0 Å². The number of carbonyl (C=O) groups excluding carboxylic acids is 2. The highest BCUT2D eigenvalue weighted by atomic mass is 16.5. The van der Waals surface area contributed by atoms with Gasteiger partial charge in [-0.05, 0) is 43.3 Å². The first-order valence-electron chi connectivity index (χ1n) is 7.97. The van der Waals surface area contributed by atoms with Gasteiger partial charge in [-0.3, -0.25) is 4.79 Å². The first-order valence-corrected chi connectivity index (χ1v) is 7.97. The molecule has 0 bridgehead atoms. The zero-order valence-corrected chi connectivity index (χ0v) is 14.6. The Balaban J connectivity index is 1.90. The number of esters is 1. The van der Waals surface area contributed by atoms with Gasteiger partial charge in [-0.25, -0.2) is 4.79 Å². The second kappa shape index (κ2) is 8.73. The summed E-state index contributed by atoms with van der Waals surface area (Å²) in [5.41, 5.74) is 1.91. The van der Waals surface area contributed by atoms with Crippen molar-refractivity contribution in [3.8, 4) is 5.75 Å². The normalized spacial score (nSPS) is 10.0. The third-order valence-electron chi connectivity index (χ3n) is 3.41. The highest BCUT2D eigenvalue weighted by molar-refractivity contribution is 5.96. The Labute approximate surface area is 147 Å². The number of benzene rings is 2. The maximum atomic E-state index is 12.0. The lowest BCUT2D eigenvalue weighted by Crippen LogP contribution is -2.21. The van der Waals surface area contributed by atoms with Gasteiger partial charge in [-0.1, -0.05) is 12.1 Å². The van der Waals surface area contributed by atoms with Crippen molar-refractivity contribution in [2.45, 2.75) is 6.92 Å². The molecule has 2 aromatic carbocycles. The maximum absolute atomic E-state index is 12.0. The van der Waals surface area contributed by atoms with Crippen molar-refractivity contribution in [1.29, 1.82) is 0 Å². The Morgan fingerprint density at radius 1 is 1.04 bits per heavy atom. The minimum absolute atomic E-state index is 0.366. The maximum Gasteiger partial charge on any atom is 0.338 e. The van der Waals surface area contributed by atoms with Crippen LogP contribution in [0.15, 0.2) is 48.5 Å². The van der Waals surface area contributed by atoms with Gasteiger partial charge in [0.05, 0.1) is 17.9 Å². The molecular formula is C19H22N2O4. The van der Waals surface area contributed by atoms with Crippen molar-refractivity contribution in [3.63, 3.8) is 0 Å². The molecule has 0 saturated heterocycles. The SMILES string of the molecule is CCOc1ccccc1NC(=O)COC(=O)c1ccc(N(C)C)cc1. The smallest absolute Gasteiger partial charge is 0.338 e. The molecule has 2 rings (SSSR count). The van der Waals surface area contributed by atoms with Gasteiger partial charge in [0, 0.05) is 19.8 Å². The molecule has 1 N–H and O–H groups in total. The van der Waals surface area contributed by atoms with Crippen LogP contribution < -0.4 is 15.0 Å². The Hall–Kier alpha value is -3.02. The Bertz CT molecular complexity index is 726. The summed E-state index contributed by atoms with van der Waals surface area (Å²) in [5, 5.41) is 2.68. The summed E-state index contributed by atoms with van der Waals surface area (Å²) in [6.07, 6.45) is 0. The van der Waals surface area contributed by atoms with E-state index in [2.05, 4.69) is 5.32 Å². The number of anilines is 2. The minimum Gasteiger partial charge on any atom is -0.492 e. The third-order valence-corrected chi connectivity index (χ3v) is 3.41. The fraction of sp³-hybridized carbons (Fsp3) is 0.263. The lowest BCUT2D eigenvalue weighted by Gasteiger charge is -2.13. The molecule has 2 aromatic rings. The topological polar surface area (TPSA) is 67.9 Å². The Morgan fingerprint density at radius 3 is 2.36 bits per heavy atom. The van der Waals surface area contributed by atoms with Crippen LogP contribution in [0.4, 0.5) is 11.4 Å². The number of nitrogens with one attached hydrogen (secondary N) is 1. The number of amides is 1. The summed E-state index contributed by atoms with van der Waals surface area (Å²) in [5.74, 6) is -0.395. The monoisotopic (exact) mass is 342 g/mol. The lowest BCUT2D eigenvalue weighted by atomic mass is 10.2. The van der Waals surface area contributed by atoms with Crippen molar-refractivity contribution in [3.05, 3.63) is 54.1 Å². The fourth-order valence-electron chi connectivity index (χ4n) is 2.15. The average molecular weight is 342 g/mol. The van der Waals surface area contributed by atoms with Crippen LogP contribution in [-0.2, 0) is 9.53 Å². The predicted octanol–water partition coefficient (Wildman–Crippen LogP) is 2.95. The van der Waals surface area contributed by atoms with E-state index in [9.17, 15) is 9.59 Å². The Morgan fingerprint density at radius 2 is 1.72 bits per heavy atom. The van der Waals surface area contributed by atoms with Crippen LogP contribution in [0.1, 0.15) is 17.3 Å². The highest BCUT2D eigenvalue weighted by Crippen LogP contribution is 2.23. The van der Waals surface area contributed by atoms with E-state index in [0.717, 1.165) is 5.69 Å². The van der Waals surface area contributed by atoms with E-state index in [1.807, 2.05) is 44.1 Å². The van der Waals surface area contributed by atoms with Gasteiger partial charge < -0.3 is 19.7 Å². The number of para-hydroxylation sites is 2. The summed E-state index contributed by atoms with van der Waals surface area (Å²) < 4.78 is 10.5. The summed E-state index contributed by atoms with van der Waals surface area (Å²) in [6.45, 7) is 1.99. The van der Waals surface area contributed by atoms with Crippen LogP contribution in [0.25, 0.3) is 0 Å². The quantitative estimate of drug-likeness (QED) is 0.784. The van der Waals surface area contributed by atoms with Crippen LogP contribution in [0, 0.1) is 0 Å². The minimum atomic E-state index is -0.543. The molecule has 0 atom stereocenters. The molecule has 1 amide bonds. The Kier molecular flexibility index (Phi) is 6.39. The number of rotatable bonds is 7.